The van der Waals surface area contributed by atoms with Gasteiger partial charge in [0.15, 0.2) is 15.5 Å². The third-order valence-electron chi connectivity index (χ3n) is 7.85. The van der Waals surface area contributed by atoms with Crippen molar-refractivity contribution in [3.05, 3.63) is 59.8 Å². The van der Waals surface area contributed by atoms with Crippen LogP contribution in [0, 0.1) is 6.92 Å². The molecule has 0 radical (unpaired) electrons. The Morgan fingerprint density at radius 3 is 2.53 bits per heavy atom. The summed E-state index contributed by atoms with van der Waals surface area (Å²) in [6, 6.07) is 12.6. The van der Waals surface area contributed by atoms with E-state index >= 15 is 0 Å². The number of para-hydroxylation sites is 1. The highest BCUT2D eigenvalue weighted by molar-refractivity contribution is 7.92. The van der Waals surface area contributed by atoms with Crippen molar-refractivity contribution in [2.24, 2.45) is 5.73 Å². The highest BCUT2D eigenvalue weighted by Gasteiger charge is 2.25. The van der Waals surface area contributed by atoms with Crippen LogP contribution < -0.4 is 21.1 Å². The summed E-state index contributed by atoms with van der Waals surface area (Å²) in [6.45, 7) is 7.91. The Labute approximate surface area is 251 Å². The molecule has 1 aliphatic heterocycles. The van der Waals surface area contributed by atoms with Crippen molar-refractivity contribution >= 4 is 44.7 Å². The van der Waals surface area contributed by atoms with Crippen LogP contribution >= 0.6 is 0 Å². The van der Waals surface area contributed by atoms with E-state index in [0.29, 0.717) is 53.6 Å². The van der Waals surface area contributed by atoms with Gasteiger partial charge in [-0.25, -0.2) is 8.42 Å². The Hall–Kier alpha value is -4.23. The number of anilines is 4. The van der Waals surface area contributed by atoms with E-state index in [2.05, 4.69) is 43.6 Å². The lowest BCUT2D eigenvalue weighted by Gasteiger charge is -2.33. The summed E-state index contributed by atoms with van der Waals surface area (Å²) in [5, 5.41) is 10.2. The molecule has 1 fully saturated rings. The lowest BCUT2D eigenvalue weighted by atomic mass is 9.86. The number of ether oxygens (including phenoxy) is 1. The summed E-state index contributed by atoms with van der Waals surface area (Å²) in [7, 11) is -1.92. The molecule has 0 atom stereocenters. The number of carbonyl (C=O) groups excluding carboxylic acids is 1. The summed E-state index contributed by atoms with van der Waals surface area (Å²) >= 11 is 0. The predicted molar refractivity (Wildman–Crippen MR) is 166 cm³/mol. The predicted octanol–water partition coefficient (Wildman–Crippen LogP) is 4.17. The van der Waals surface area contributed by atoms with Crippen LogP contribution in [-0.2, 0) is 14.6 Å². The van der Waals surface area contributed by atoms with Gasteiger partial charge in [-0.05, 0) is 88.0 Å². The fraction of sp³-hybridized carbons (Fsp3) is 0.400. The SMILES string of the molecule is COc1cc(C2CCN(CCC(N)=O)CC2)c(C)cc1Nc1nc(Nc2ccccc2S(=O)(=O)C(C)C)n2nccc2n1. The Kier molecular flexibility index (Phi) is 8.83. The molecule has 12 nitrogen and oxygen atoms in total. The van der Waals surface area contributed by atoms with E-state index in [-0.39, 0.29) is 10.8 Å². The summed E-state index contributed by atoms with van der Waals surface area (Å²) in [4.78, 5) is 22.9. The van der Waals surface area contributed by atoms with Gasteiger partial charge in [-0.15, -0.1) is 0 Å². The number of carbonyl (C=O) groups is 1. The molecule has 0 spiro atoms. The second kappa shape index (κ2) is 12.6. The number of nitrogens with two attached hydrogens (primary N) is 1. The van der Waals surface area contributed by atoms with Gasteiger partial charge in [-0.2, -0.15) is 19.6 Å². The van der Waals surface area contributed by atoms with Gasteiger partial charge >= 0.3 is 0 Å². The second-order valence-corrected chi connectivity index (χ2v) is 13.5. The van der Waals surface area contributed by atoms with Crippen molar-refractivity contribution in [1.29, 1.82) is 0 Å². The number of amides is 1. The van der Waals surface area contributed by atoms with Crippen LogP contribution in [0.15, 0.2) is 53.6 Å². The normalized spacial score (nSPS) is 14.7. The number of hydrogen-bond acceptors (Lipinski definition) is 10. The van der Waals surface area contributed by atoms with Crippen LogP contribution in [0.25, 0.3) is 5.65 Å². The maximum Gasteiger partial charge on any atom is 0.233 e. The zero-order valence-electron chi connectivity index (χ0n) is 24.9. The minimum absolute atomic E-state index is 0.185. The van der Waals surface area contributed by atoms with Gasteiger partial charge < -0.3 is 26.0 Å². The van der Waals surface area contributed by atoms with Gasteiger partial charge in [0.2, 0.25) is 17.8 Å². The number of primary amides is 1. The van der Waals surface area contributed by atoms with Gasteiger partial charge in [0.05, 0.1) is 34.8 Å². The molecule has 3 heterocycles. The lowest BCUT2D eigenvalue weighted by Crippen LogP contribution is -2.35. The standard InChI is InChI=1S/C30H38N8O4S/c1-19(2)43(40,41)26-8-6-5-7-23(26)34-30-36-29(35-28-9-13-32-38(28)30)33-24-17-20(3)22(18-25(24)42-4)21-10-14-37(15-11-21)16-12-27(31)39/h5-9,13,17-19,21H,10-12,14-16H2,1-4H3,(H2,31,39)(H2,33,34,35,36). The number of benzene rings is 2. The Morgan fingerprint density at radius 1 is 1.09 bits per heavy atom. The number of hydrogen-bond donors (Lipinski definition) is 3. The van der Waals surface area contributed by atoms with Gasteiger partial charge in [-0.3, -0.25) is 4.79 Å². The summed E-state index contributed by atoms with van der Waals surface area (Å²) in [5.74, 6) is 1.38. The second-order valence-electron chi connectivity index (χ2n) is 11.1. The van der Waals surface area contributed by atoms with Crippen molar-refractivity contribution in [2.75, 3.05) is 37.4 Å². The molecule has 43 heavy (non-hydrogen) atoms. The number of aromatic nitrogens is 4. The third-order valence-corrected chi connectivity index (χ3v) is 10.1. The van der Waals surface area contributed by atoms with Gasteiger partial charge in [0.25, 0.3) is 0 Å². The molecule has 1 saturated heterocycles. The molecular formula is C30H38N8O4S. The first-order valence-corrected chi connectivity index (χ1v) is 15.9. The van der Waals surface area contributed by atoms with E-state index in [9.17, 15) is 13.2 Å². The molecule has 228 valence electrons. The fourth-order valence-corrected chi connectivity index (χ4v) is 6.62. The van der Waals surface area contributed by atoms with Gasteiger partial charge in [0, 0.05) is 19.0 Å². The molecular weight excluding hydrogens is 568 g/mol. The molecule has 0 unspecified atom stereocenters. The molecule has 2 aromatic carbocycles. The molecule has 4 aromatic rings. The van der Waals surface area contributed by atoms with Crippen LogP contribution in [0.4, 0.5) is 23.3 Å². The van der Waals surface area contributed by atoms with Crippen LogP contribution in [0.5, 0.6) is 5.75 Å². The van der Waals surface area contributed by atoms with Crippen LogP contribution in [0.1, 0.15) is 50.2 Å². The Morgan fingerprint density at radius 2 is 1.84 bits per heavy atom. The van der Waals surface area contributed by atoms with E-state index in [1.54, 1.807) is 57.5 Å². The molecule has 0 bridgehead atoms. The van der Waals surface area contributed by atoms with E-state index in [1.165, 1.54) is 10.1 Å². The number of fused-ring (bicyclic) bond motifs is 1. The Balaban J connectivity index is 1.41. The average molecular weight is 607 g/mol. The maximum absolute atomic E-state index is 13.0. The van der Waals surface area contributed by atoms with E-state index in [1.807, 2.05) is 6.07 Å². The lowest BCUT2D eigenvalue weighted by molar-refractivity contribution is -0.118. The van der Waals surface area contributed by atoms with Gasteiger partial charge in [0.1, 0.15) is 5.75 Å². The summed E-state index contributed by atoms with van der Waals surface area (Å²) in [5.41, 5.74) is 9.31. The Bertz CT molecular complexity index is 1730. The minimum Gasteiger partial charge on any atom is -0.495 e. The zero-order valence-corrected chi connectivity index (χ0v) is 25.7. The van der Waals surface area contributed by atoms with E-state index in [0.717, 1.165) is 31.5 Å². The molecule has 1 aliphatic rings. The summed E-state index contributed by atoms with van der Waals surface area (Å²) < 4.78 is 33.4. The maximum atomic E-state index is 13.0. The van der Waals surface area contributed by atoms with Crippen molar-refractivity contribution in [3.63, 3.8) is 0 Å². The molecule has 13 heteroatoms. The van der Waals surface area contributed by atoms with E-state index < -0.39 is 15.1 Å². The highest BCUT2D eigenvalue weighted by atomic mass is 32.2. The first kappa shape index (κ1) is 30.2. The van der Waals surface area contributed by atoms with Crippen LogP contribution in [0.3, 0.4) is 0 Å². The third kappa shape index (κ3) is 6.57. The average Bonchev–Trinajstić information content (AvgIpc) is 3.46. The number of rotatable bonds is 11. The number of methoxy groups -OCH3 is 1. The zero-order chi connectivity index (χ0) is 30.7. The fourth-order valence-electron chi connectivity index (χ4n) is 5.42. The van der Waals surface area contributed by atoms with Crippen molar-refractivity contribution in [3.8, 4) is 5.75 Å². The quantitative estimate of drug-likeness (QED) is 0.226. The number of nitrogens with zero attached hydrogens (tertiary/aromatic N) is 5. The smallest absolute Gasteiger partial charge is 0.233 e. The first-order valence-electron chi connectivity index (χ1n) is 14.3. The molecule has 5 rings (SSSR count). The number of aryl methyl sites for hydroxylation is 1. The number of sulfone groups is 1. The molecule has 2 aromatic heterocycles. The number of likely N-dealkylation sites (tertiary alicyclic amines) is 1. The number of nitrogens with one attached hydrogen (secondary N) is 2. The van der Waals surface area contributed by atoms with Gasteiger partial charge in [-0.1, -0.05) is 12.1 Å². The van der Waals surface area contributed by atoms with Crippen molar-refractivity contribution < 1.29 is 17.9 Å². The largest absolute Gasteiger partial charge is 0.495 e. The van der Waals surface area contributed by atoms with E-state index in [4.69, 9.17) is 10.5 Å². The van der Waals surface area contributed by atoms with Crippen LogP contribution in [-0.4, -0.2) is 70.8 Å². The summed E-state index contributed by atoms with van der Waals surface area (Å²) in [6.07, 6.45) is 3.96. The topological polar surface area (TPSA) is 157 Å². The monoisotopic (exact) mass is 606 g/mol. The highest BCUT2D eigenvalue weighted by Crippen LogP contribution is 2.37. The van der Waals surface area contributed by atoms with Crippen molar-refractivity contribution in [2.45, 2.75) is 56.1 Å². The molecule has 4 N–H and O–H groups in total. The molecule has 1 amide bonds. The molecule has 0 saturated carbocycles. The number of piperidine rings is 1. The minimum atomic E-state index is -3.55. The molecule has 0 aliphatic carbocycles. The van der Waals surface area contributed by atoms with Crippen molar-refractivity contribution in [1.82, 2.24) is 24.5 Å². The first-order chi connectivity index (χ1) is 20.6. The van der Waals surface area contributed by atoms with Crippen LogP contribution in [0.2, 0.25) is 0 Å².